The molecule has 0 fully saturated rings. The molecule has 0 rings (SSSR count). The lowest BCUT2D eigenvalue weighted by atomic mass is 10.1. The molecule has 0 spiro atoms. The van der Waals surface area contributed by atoms with Crippen molar-refractivity contribution in [1.82, 2.24) is 5.32 Å². The van der Waals surface area contributed by atoms with Gasteiger partial charge in [-0.15, -0.1) is 0 Å². The summed E-state index contributed by atoms with van der Waals surface area (Å²) in [7, 11) is 0. The minimum absolute atomic E-state index is 0.0268. The molecule has 0 aromatic carbocycles. The van der Waals surface area contributed by atoms with Crippen LogP contribution in [0, 0.1) is 0 Å². The molecule has 0 bridgehead atoms. The highest BCUT2D eigenvalue weighted by atomic mass is 16.3. The minimum Gasteiger partial charge on any atom is -0.396 e. The van der Waals surface area contributed by atoms with E-state index in [9.17, 15) is 10.2 Å². The maximum Gasteiger partial charge on any atom is 0.117 e. The van der Waals surface area contributed by atoms with Gasteiger partial charge >= 0.3 is 0 Å². The quantitative estimate of drug-likeness (QED) is 0.210. The maximum atomic E-state index is 9.68. The summed E-state index contributed by atoms with van der Waals surface area (Å²) in [5, 5.41) is 30.5. The average molecular weight is 250 g/mol. The van der Waals surface area contributed by atoms with Crippen molar-refractivity contribution in [2.24, 2.45) is 17.2 Å². The summed E-state index contributed by atoms with van der Waals surface area (Å²) in [6.45, 7) is 0.402. The second-order valence-corrected chi connectivity index (χ2v) is 4.22. The van der Waals surface area contributed by atoms with Crippen molar-refractivity contribution in [2.45, 2.75) is 50.2 Å². The van der Waals surface area contributed by atoms with Crippen molar-refractivity contribution in [3.05, 3.63) is 0 Å². The Balaban J connectivity index is 3.90. The Bertz CT molecular complexity index is 183. The van der Waals surface area contributed by atoms with Gasteiger partial charge in [-0.05, 0) is 25.7 Å². The van der Waals surface area contributed by atoms with E-state index in [1.165, 1.54) is 0 Å². The van der Waals surface area contributed by atoms with Gasteiger partial charge in [-0.25, -0.2) is 0 Å². The van der Waals surface area contributed by atoms with Crippen LogP contribution in [0.3, 0.4) is 0 Å². The molecule has 104 valence electrons. The van der Waals surface area contributed by atoms with E-state index in [0.717, 1.165) is 0 Å². The Kier molecular flexibility index (Phi) is 9.56. The van der Waals surface area contributed by atoms with E-state index in [4.69, 9.17) is 22.3 Å². The van der Waals surface area contributed by atoms with Crippen LogP contribution in [0.25, 0.3) is 0 Å². The predicted octanol–water partition coefficient (Wildman–Crippen LogP) is -2.62. The van der Waals surface area contributed by atoms with Crippen molar-refractivity contribution in [1.29, 1.82) is 0 Å². The Morgan fingerprint density at radius 1 is 1.06 bits per heavy atom. The highest BCUT2D eigenvalue weighted by Gasteiger charge is 2.18. The molecule has 7 nitrogen and oxygen atoms in total. The van der Waals surface area contributed by atoms with Gasteiger partial charge < -0.3 is 32.5 Å². The minimum atomic E-state index is -1.07. The molecule has 0 aromatic rings. The van der Waals surface area contributed by atoms with Gasteiger partial charge in [0.05, 0.1) is 0 Å². The molecule has 0 saturated carbocycles. The van der Waals surface area contributed by atoms with Crippen molar-refractivity contribution < 1.29 is 15.3 Å². The van der Waals surface area contributed by atoms with Crippen molar-refractivity contribution in [2.75, 3.05) is 13.2 Å². The molecule has 17 heavy (non-hydrogen) atoms. The van der Waals surface area contributed by atoms with Crippen LogP contribution in [0.1, 0.15) is 25.7 Å². The van der Waals surface area contributed by atoms with E-state index in [2.05, 4.69) is 5.32 Å². The Morgan fingerprint density at radius 3 is 2.18 bits per heavy atom. The maximum absolute atomic E-state index is 9.68. The van der Waals surface area contributed by atoms with Crippen LogP contribution in [0.15, 0.2) is 0 Å². The van der Waals surface area contributed by atoms with Crippen LogP contribution >= 0.6 is 0 Å². The Hall–Kier alpha value is -0.280. The molecule has 0 aliphatic rings. The Morgan fingerprint density at radius 2 is 1.71 bits per heavy atom. The van der Waals surface area contributed by atoms with Gasteiger partial charge in [0.25, 0.3) is 0 Å². The summed E-state index contributed by atoms with van der Waals surface area (Å²) in [5.41, 5.74) is 16.3. The first-order valence-electron chi connectivity index (χ1n) is 5.95. The summed E-state index contributed by atoms with van der Waals surface area (Å²) in [5.74, 6) is 0. The van der Waals surface area contributed by atoms with E-state index >= 15 is 0 Å². The van der Waals surface area contributed by atoms with Crippen LogP contribution in [0.4, 0.5) is 0 Å². The van der Waals surface area contributed by atoms with E-state index < -0.39 is 18.5 Å². The fourth-order valence-electron chi connectivity index (χ4n) is 1.48. The lowest BCUT2D eigenvalue weighted by Crippen LogP contribution is -2.49. The molecule has 0 heterocycles. The largest absolute Gasteiger partial charge is 0.396 e. The fraction of sp³-hybridized carbons (Fsp3) is 1.00. The highest BCUT2D eigenvalue weighted by molar-refractivity contribution is 4.74. The van der Waals surface area contributed by atoms with Gasteiger partial charge in [0.15, 0.2) is 0 Å². The number of nitrogens with two attached hydrogens (primary N) is 3. The molecule has 0 amide bonds. The third kappa shape index (κ3) is 8.44. The second-order valence-electron chi connectivity index (χ2n) is 4.22. The number of aliphatic hydroxyl groups is 3. The molecular formula is C10H26N4O3. The molecule has 7 heteroatoms. The number of aliphatic hydroxyl groups excluding tert-OH is 3. The summed E-state index contributed by atoms with van der Waals surface area (Å²) >= 11 is 0. The zero-order valence-corrected chi connectivity index (χ0v) is 10.1. The predicted molar refractivity (Wildman–Crippen MR) is 65.7 cm³/mol. The third-order valence-corrected chi connectivity index (χ3v) is 2.61. The van der Waals surface area contributed by atoms with Crippen LogP contribution < -0.4 is 22.5 Å². The monoisotopic (exact) mass is 250 g/mol. The second kappa shape index (κ2) is 9.72. The van der Waals surface area contributed by atoms with Gasteiger partial charge in [0.1, 0.15) is 12.5 Å². The summed E-state index contributed by atoms with van der Waals surface area (Å²) in [6.07, 6.45) is 0.197. The summed E-state index contributed by atoms with van der Waals surface area (Å²) in [4.78, 5) is 0. The Labute approximate surface area is 102 Å². The van der Waals surface area contributed by atoms with E-state index in [1.807, 2.05) is 0 Å². The third-order valence-electron chi connectivity index (χ3n) is 2.61. The lowest BCUT2D eigenvalue weighted by Gasteiger charge is -2.25. The fourth-order valence-corrected chi connectivity index (χ4v) is 1.48. The van der Waals surface area contributed by atoms with Crippen molar-refractivity contribution in [3.63, 3.8) is 0 Å². The summed E-state index contributed by atoms with van der Waals surface area (Å²) < 4.78 is 0. The molecule has 0 radical (unpaired) electrons. The normalized spacial score (nSPS) is 18.7. The van der Waals surface area contributed by atoms with Gasteiger partial charge in [-0.3, -0.25) is 5.32 Å². The number of hydrogen-bond donors (Lipinski definition) is 7. The summed E-state index contributed by atoms with van der Waals surface area (Å²) in [6, 6.07) is -0.573. The first-order valence-corrected chi connectivity index (χ1v) is 5.95. The van der Waals surface area contributed by atoms with Gasteiger partial charge in [0.2, 0.25) is 0 Å². The van der Waals surface area contributed by atoms with Crippen LogP contribution in [0.5, 0.6) is 0 Å². The first kappa shape index (κ1) is 16.7. The van der Waals surface area contributed by atoms with E-state index in [0.29, 0.717) is 32.2 Å². The van der Waals surface area contributed by atoms with Crippen LogP contribution in [0.2, 0.25) is 0 Å². The zero-order chi connectivity index (χ0) is 13.3. The zero-order valence-electron chi connectivity index (χ0n) is 10.1. The lowest BCUT2D eigenvalue weighted by molar-refractivity contribution is 0.0558. The SMILES string of the molecule is NCC(N)CCC(O)N[C@@H](CCCO)C(N)O. The highest BCUT2D eigenvalue weighted by Crippen LogP contribution is 2.04. The van der Waals surface area contributed by atoms with Crippen LogP contribution in [-0.4, -0.2) is 53.0 Å². The molecule has 4 atom stereocenters. The molecular weight excluding hydrogens is 224 g/mol. The smallest absolute Gasteiger partial charge is 0.117 e. The average Bonchev–Trinajstić information content (AvgIpc) is 2.30. The topological polar surface area (TPSA) is 151 Å². The molecule has 3 unspecified atom stereocenters. The van der Waals surface area contributed by atoms with Gasteiger partial charge in [-0.2, -0.15) is 0 Å². The van der Waals surface area contributed by atoms with E-state index in [-0.39, 0.29) is 12.6 Å². The van der Waals surface area contributed by atoms with Crippen LogP contribution in [-0.2, 0) is 0 Å². The molecule has 0 saturated heterocycles. The number of nitrogens with one attached hydrogen (secondary N) is 1. The molecule has 0 aromatic heterocycles. The van der Waals surface area contributed by atoms with Crippen molar-refractivity contribution in [3.8, 4) is 0 Å². The number of hydrogen-bond acceptors (Lipinski definition) is 7. The standard InChI is InChI=1S/C10H26N4O3/c11-6-7(12)3-4-9(16)14-8(10(13)17)2-1-5-15/h7-10,14-17H,1-6,11-13H2/t7?,8-,9?,10?/m0/s1. The molecule has 0 aliphatic heterocycles. The van der Waals surface area contributed by atoms with E-state index in [1.54, 1.807) is 0 Å². The molecule has 10 N–H and O–H groups in total. The molecule has 0 aliphatic carbocycles. The first-order chi connectivity index (χ1) is 8.01. The van der Waals surface area contributed by atoms with Gasteiger partial charge in [0, 0.05) is 25.2 Å². The van der Waals surface area contributed by atoms with Crippen molar-refractivity contribution >= 4 is 0 Å². The number of rotatable bonds is 10. The van der Waals surface area contributed by atoms with Gasteiger partial charge in [-0.1, -0.05) is 0 Å².